The van der Waals surface area contributed by atoms with Crippen molar-refractivity contribution < 1.29 is 0 Å². The van der Waals surface area contributed by atoms with Gasteiger partial charge in [0, 0.05) is 0 Å². The first-order valence-corrected chi connectivity index (χ1v) is 17.0. The molecule has 188 valence electrons. The van der Waals surface area contributed by atoms with Gasteiger partial charge in [0.1, 0.15) is 0 Å². The monoisotopic (exact) mass is 642 g/mol. The van der Waals surface area contributed by atoms with E-state index in [4.69, 9.17) is 0 Å². The van der Waals surface area contributed by atoms with E-state index >= 15 is 0 Å². The standard InChI is InChI=1S/C36H22N2Se2/c1-37-5-3-19-7-21-9-23-13-29-33(17-27(23)11-25(21)15-31(19)37)39-36-30-14-24-10-22-8-20-4-6-38(2)32(20)16-26(22)12-28(24)18-34(30)40-35(29)36/h3-18H,1-2H3. The fourth-order valence-electron chi connectivity index (χ4n) is 6.79. The number of aromatic nitrogens is 2. The maximum atomic E-state index is 2.50. The topological polar surface area (TPSA) is 9.86 Å². The van der Waals surface area contributed by atoms with Gasteiger partial charge >= 0.3 is 242 Å². The molecule has 4 heterocycles. The number of benzene rings is 6. The molecule has 0 radical (unpaired) electrons. The van der Waals surface area contributed by atoms with Crippen molar-refractivity contribution in [3.63, 3.8) is 0 Å². The number of rotatable bonds is 0. The molecular formula is C36H22N2Se2. The zero-order valence-corrected chi connectivity index (χ0v) is 25.4. The minimum absolute atomic E-state index is 0.351. The van der Waals surface area contributed by atoms with E-state index < -0.39 is 0 Å². The van der Waals surface area contributed by atoms with Gasteiger partial charge < -0.3 is 0 Å². The molecule has 0 fully saturated rings. The Balaban J connectivity index is 1.22. The molecule has 6 aromatic carbocycles. The van der Waals surface area contributed by atoms with Crippen molar-refractivity contribution in [3.05, 3.63) is 97.3 Å². The molecule has 4 heteroatoms. The normalized spacial score (nSPS) is 12.8. The van der Waals surface area contributed by atoms with E-state index in [1.54, 1.807) is 17.0 Å². The Morgan fingerprint density at radius 1 is 0.400 bits per heavy atom. The fraction of sp³-hybridized carbons (Fsp3) is 0.0556. The van der Waals surface area contributed by atoms with E-state index in [0.717, 1.165) is 0 Å². The molecule has 4 aromatic heterocycles. The van der Waals surface area contributed by atoms with E-state index in [0.29, 0.717) is 29.0 Å². The van der Waals surface area contributed by atoms with Gasteiger partial charge in [-0.25, -0.2) is 0 Å². The van der Waals surface area contributed by atoms with Gasteiger partial charge in [-0.15, -0.1) is 0 Å². The number of fused-ring (bicyclic) bond motifs is 11. The first kappa shape index (κ1) is 22.0. The van der Waals surface area contributed by atoms with Crippen LogP contribution in [0.15, 0.2) is 97.3 Å². The van der Waals surface area contributed by atoms with Crippen molar-refractivity contribution >= 4 is 122 Å². The fourth-order valence-corrected chi connectivity index (χ4v) is 13.2. The van der Waals surface area contributed by atoms with Crippen molar-refractivity contribution in [3.8, 4) is 0 Å². The molecule has 0 aliphatic carbocycles. The van der Waals surface area contributed by atoms with E-state index in [9.17, 15) is 0 Å². The van der Waals surface area contributed by atoms with Crippen LogP contribution in [0.4, 0.5) is 0 Å². The third-order valence-corrected chi connectivity index (χ3v) is 14.5. The zero-order valence-electron chi connectivity index (χ0n) is 21.9. The van der Waals surface area contributed by atoms with Gasteiger partial charge in [-0.1, -0.05) is 0 Å². The number of hydrogen-bond donors (Lipinski definition) is 0. The summed E-state index contributed by atoms with van der Waals surface area (Å²) in [7, 11) is 4.26. The average Bonchev–Trinajstić information content (AvgIpc) is 3.69. The van der Waals surface area contributed by atoms with Crippen LogP contribution in [0.25, 0.3) is 92.7 Å². The summed E-state index contributed by atoms with van der Waals surface area (Å²) in [5.41, 5.74) is 2.59. The van der Waals surface area contributed by atoms with Gasteiger partial charge in [-0.3, -0.25) is 0 Å². The second-order valence-electron chi connectivity index (χ2n) is 11.3. The van der Waals surface area contributed by atoms with Gasteiger partial charge in [0.15, 0.2) is 0 Å². The number of hydrogen-bond acceptors (Lipinski definition) is 0. The van der Waals surface area contributed by atoms with Crippen LogP contribution >= 0.6 is 0 Å². The summed E-state index contributed by atoms with van der Waals surface area (Å²) >= 11 is 0.702. The summed E-state index contributed by atoms with van der Waals surface area (Å²) in [5.74, 6) is 0. The summed E-state index contributed by atoms with van der Waals surface area (Å²) in [5, 5.41) is 16.4. The molecule has 0 aliphatic heterocycles. The molecule has 0 amide bonds. The van der Waals surface area contributed by atoms with Crippen molar-refractivity contribution in [2.75, 3.05) is 0 Å². The van der Waals surface area contributed by atoms with Crippen molar-refractivity contribution in [2.24, 2.45) is 14.1 Å². The molecular weight excluding hydrogens is 618 g/mol. The van der Waals surface area contributed by atoms with Crippen LogP contribution in [-0.4, -0.2) is 38.1 Å². The number of aryl methyl sites for hydroxylation is 2. The molecule has 0 saturated carbocycles. The van der Waals surface area contributed by atoms with Crippen LogP contribution < -0.4 is 0 Å². The van der Waals surface area contributed by atoms with Gasteiger partial charge in [0.2, 0.25) is 0 Å². The van der Waals surface area contributed by atoms with Crippen LogP contribution in [0.2, 0.25) is 0 Å². The molecule has 0 saturated heterocycles. The van der Waals surface area contributed by atoms with Crippen molar-refractivity contribution in [1.82, 2.24) is 9.13 Å². The molecule has 10 aromatic rings. The Bertz CT molecular complexity index is 2540. The molecule has 40 heavy (non-hydrogen) atoms. The summed E-state index contributed by atoms with van der Waals surface area (Å²) < 4.78 is 10.8. The van der Waals surface area contributed by atoms with Crippen molar-refractivity contribution in [1.29, 1.82) is 0 Å². The predicted octanol–water partition coefficient (Wildman–Crippen LogP) is 8.86. The molecule has 0 aliphatic rings. The van der Waals surface area contributed by atoms with Gasteiger partial charge in [0.25, 0.3) is 0 Å². The van der Waals surface area contributed by atoms with Crippen LogP contribution in [0, 0.1) is 0 Å². The van der Waals surface area contributed by atoms with Crippen LogP contribution in [0.3, 0.4) is 0 Å². The van der Waals surface area contributed by atoms with E-state index in [1.807, 2.05) is 0 Å². The maximum absolute atomic E-state index is 2.50. The Morgan fingerprint density at radius 2 is 0.750 bits per heavy atom. The second kappa shape index (κ2) is 7.49. The Kier molecular flexibility index (Phi) is 4.11. The minimum atomic E-state index is 0.351. The summed E-state index contributed by atoms with van der Waals surface area (Å²) in [6.07, 6.45) is 4.31. The summed E-state index contributed by atoms with van der Waals surface area (Å²) in [4.78, 5) is 0. The summed E-state index contributed by atoms with van der Waals surface area (Å²) in [6, 6.07) is 33.4. The molecule has 0 atom stereocenters. The van der Waals surface area contributed by atoms with E-state index in [1.165, 1.54) is 75.7 Å². The van der Waals surface area contributed by atoms with Gasteiger partial charge in [-0.2, -0.15) is 0 Å². The second-order valence-corrected chi connectivity index (χ2v) is 15.7. The Labute approximate surface area is 241 Å². The first-order valence-electron chi connectivity index (χ1n) is 13.6. The molecule has 10 rings (SSSR count). The first-order chi connectivity index (χ1) is 19.6. The quantitative estimate of drug-likeness (QED) is 0.116. The molecule has 0 bridgehead atoms. The van der Waals surface area contributed by atoms with E-state index in [-0.39, 0.29) is 0 Å². The van der Waals surface area contributed by atoms with Crippen LogP contribution in [-0.2, 0) is 14.1 Å². The average molecular weight is 641 g/mol. The molecule has 2 nitrogen and oxygen atoms in total. The van der Waals surface area contributed by atoms with Gasteiger partial charge in [-0.05, 0) is 0 Å². The Hall–Kier alpha value is -3.78. The molecule has 0 spiro atoms. The Morgan fingerprint density at radius 3 is 1.20 bits per heavy atom. The van der Waals surface area contributed by atoms with E-state index in [2.05, 4.69) is 121 Å². The molecule has 0 unspecified atom stereocenters. The molecule has 0 N–H and O–H groups in total. The third kappa shape index (κ3) is 2.89. The van der Waals surface area contributed by atoms with Gasteiger partial charge in [0.05, 0.1) is 0 Å². The third-order valence-electron chi connectivity index (χ3n) is 8.91. The zero-order chi connectivity index (χ0) is 26.3. The summed E-state index contributed by atoms with van der Waals surface area (Å²) in [6.45, 7) is 0. The van der Waals surface area contributed by atoms with Crippen LogP contribution in [0.1, 0.15) is 0 Å². The van der Waals surface area contributed by atoms with Crippen LogP contribution in [0.5, 0.6) is 0 Å². The predicted molar refractivity (Wildman–Crippen MR) is 176 cm³/mol. The van der Waals surface area contributed by atoms with Crippen molar-refractivity contribution in [2.45, 2.75) is 0 Å². The SMILES string of the molecule is Cn1ccc2cc3cc4cc5c(cc4cc3cc21)[se]c1c2cc3cc4cc6ccn(C)c6cc4cc3cc2[se]c51. The number of nitrogens with zero attached hydrogens (tertiary/aromatic N) is 2.